The third-order valence-corrected chi connectivity index (χ3v) is 4.10. The second kappa shape index (κ2) is 5.27. The number of oxazole rings is 1. The first-order valence-electron chi connectivity index (χ1n) is 7.37. The Morgan fingerprint density at radius 3 is 3.10 bits per heavy atom. The van der Waals surface area contributed by atoms with Crippen molar-refractivity contribution in [3.05, 3.63) is 29.7 Å². The van der Waals surface area contributed by atoms with E-state index in [4.69, 9.17) is 4.42 Å². The summed E-state index contributed by atoms with van der Waals surface area (Å²) in [6, 6.07) is 5.91. The van der Waals surface area contributed by atoms with Crippen LogP contribution in [0.1, 0.15) is 48.9 Å². The van der Waals surface area contributed by atoms with E-state index in [0.717, 1.165) is 36.9 Å². The molecule has 1 fully saturated rings. The number of hydrogen-bond donors (Lipinski definition) is 0. The van der Waals surface area contributed by atoms with Crippen molar-refractivity contribution < 1.29 is 9.21 Å². The van der Waals surface area contributed by atoms with Gasteiger partial charge in [0, 0.05) is 25.1 Å². The second-order valence-corrected chi connectivity index (χ2v) is 5.47. The lowest BCUT2D eigenvalue weighted by molar-refractivity contribution is 0.0608. The zero-order valence-electron chi connectivity index (χ0n) is 12.1. The number of hydrogen-bond acceptors (Lipinski definition) is 3. The molecule has 0 N–H and O–H groups in total. The first-order chi connectivity index (χ1) is 9.69. The van der Waals surface area contributed by atoms with Crippen LogP contribution in [-0.4, -0.2) is 28.4 Å². The third kappa shape index (κ3) is 2.30. The number of likely N-dealkylation sites (tertiary alicyclic amines) is 1. The van der Waals surface area contributed by atoms with Gasteiger partial charge in [-0.25, -0.2) is 4.98 Å². The molecule has 4 heteroatoms. The molecule has 1 aliphatic rings. The Bertz CT molecular complexity index is 632. The van der Waals surface area contributed by atoms with Crippen LogP contribution < -0.4 is 0 Å². The van der Waals surface area contributed by atoms with Crippen molar-refractivity contribution in [1.82, 2.24) is 9.88 Å². The van der Waals surface area contributed by atoms with Crippen LogP contribution in [0.25, 0.3) is 11.1 Å². The van der Waals surface area contributed by atoms with Gasteiger partial charge < -0.3 is 9.32 Å². The molecule has 2 aromatic rings. The van der Waals surface area contributed by atoms with Crippen LogP contribution in [-0.2, 0) is 0 Å². The van der Waals surface area contributed by atoms with E-state index < -0.39 is 0 Å². The molecule has 106 valence electrons. The maximum Gasteiger partial charge on any atom is 0.254 e. The fraction of sp³-hybridized carbons (Fsp3) is 0.500. The average Bonchev–Trinajstić information content (AvgIpc) is 2.85. The topological polar surface area (TPSA) is 46.3 Å². The monoisotopic (exact) mass is 272 g/mol. The third-order valence-electron chi connectivity index (χ3n) is 4.10. The number of piperidine rings is 1. The molecule has 0 radical (unpaired) electrons. The fourth-order valence-electron chi connectivity index (χ4n) is 3.03. The Labute approximate surface area is 118 Å². The predicted molar refractivity (Wildman–Crippen MR) is 77.7 cm³/mol. The Balaban J connectivity index is 1.90. The fourth-order valence-corrected chi connectivity index (χ4v) is 3.03. The average molecular weight is 272 g/mol. The minimum atomic E-state index is 0.124. The van der Waals surface area contributed by atoms with E-state index in [-0.39, 0.29) is 5.91 Å². The summed E-state index contributed by atoms with van der Waals surface area (Å²) in [5.74, 6) is 0.758. The maximum absolute atomic E-state index is 12.7. The van der Waals surface area contributed by atoms with Gasteiger partial charge in [-0.1, -0.05) is 6.92 Å². The number of carbonyl (C=O) groups excluding carboxylic acids is 1. The summed E-state index contributed by atoms with van der Waals surface area (Å²) in [6.45, 7) is 4.84. The van der Waals surface area contributed by atoms with Crippen molar-refractivity contribution in [3.8, 4) is 0 Å². The number of carbonyl (C=O) groups is 1. The quantitative estimate of drug-likeness (QED) is 0.840. The normalized spacial score (nSPS) is 19.5. The molecule has 2 heterocycles. The molecule has 1 atom stereocenters. The number of benzene rings is 1. The van der Waals surface area contributed by atoms with Crippen molar-refractivity contribution >= 4 is 17.0 Å². The summed E-state index contributed by atoms with van der Waals surface area (Å²) in [6.07, 6.45) is 4.47. The Hall–Kier alpha value is -1.84. The standard InChI is InChI=1S/C16H20N2O2/c1-3-13-6-4-5-9-18(13)16(19)12-7-8-15-14(10-12)17-11(2)20-15/h7-8,10,13H,3-6,9H2,1-2H3. The maximum atomic E-state index is 12.7. The Morgan fingerprint density at radius 2 is 2.30 bits per heavy atom. The molecule has 3 rings (SSSR count). The molecule has 1 aliphatic heterocycles. The van der Waals surface area contributed by atoms with Gasteiger partial charge in [-0.2, -0.15) is 0 Å². The Kier molecular flexibility index (Phi) is 3.47. The van der Waals surface area contributed by atoms with E-state index in [2.05, 4.69) is 11.9 Å². The minimum Gasteiger partial charge on any atom is -0.441 e. The van der Waals surface area contributed by atoms with Gasteiger partial charge in [0.2, 0.25) is 0 Å². The Morgan fingerprint density at radius 1 is 1.45 bits per heavy atom. The van der Waals surface area contributed by atoms with Crippen LogP contribution in [0.15, 0.2) is 22.6 Å². The van der Waals surface area contributed by atoms with Gasteiger partial charge in [0.15, 0.2) is 11.5 Å². The number of aromatic nitrogens is 1. The number of nitrogens with zero attached hydrogens (tertiary/aromatic N) is 2. The highest BCUT2D eigenvalue weighted by atomic mass is 16.3. The molecular weight excluding hydrogens is 252 g/mol. The highest BCUT2D eigenvalue weighted by molar-refractivity contribution is 5.97. The summed E-state index contributed by atoms with van der Waals surface area (Å²) < 4.78 is 5.45. The van der Waals surface area contributed by atoms with E-state index in [9.17, 15) is 4.79 Å². The van der Waals surface area contributed by atoms with Crippen molar-refractivity contribution in [3.63, 3.8) is 0 Å². The summed E-state index contributed by atoms with van der Waals surface area (Å²) in [5, 5.41) is 0. The van der Waals surface area contributed by atoms with Crippen LogP contribution in [0.4, 0.5) is 0 Å². The molecule has 0 bridgehead atoms. The lowest BCUT2D eigenvalue weighted by atomic mass is 9.99. The highest BCUT2D eigenvalue weighted by Crippen LogP contribution is 2.23. The number of fused-ring (bicyclic) bond motifs is 1. The lowest BCUT2D eigenvalue weighted by Crippen LogP contribution is -2.43. The van der Waals surface area contributed by atoms with Gasteiger partial charge in [-0.05, 0) is 43.9 Å². The SMILES string of the molecule is CCC1CCCCN1C(=O)c1ccc2oc(C)nc2c1. The van der Waals surface area contributed by atoms with Crippen molar-refractivity contribution in [2.24, 2.45) is 0 Å². The molecule has 20 heavy (non-hydrogen) atoms. The first kappa shape index (κ1) is 13.2. The van der Waals surface area contributed by atoms with Crippen LogP contribution >= 0.6 is 0 Å². The molecule has 0 spiro atoms. The van der Waals surface area contributed by atoms with Crippen molar-refractivity contribution in [1.29, 1.82) is 0 Å². The van der Waals surface area contributed by atoms with E-state index >= 15 is 0 Å². The highest BCUT2D eigenvalue weighted by Gasteiger charge is 2.26. The van der Waals surface area contributed by atoms with Crippen molar-refractivity contribution in [2.75, 3.05) is 6.54 Å². The van der Waals surface area contributed by atoms with Crippen LogP contribution in [0, 0.1) is 6.92 Å². The van der Waals surface area contributed by atoms with Gasteiger partial charge in [-0.15, -0.1) is 0 Å². The van der Waals surface area contributed by atoms with Crippen LogP contribution in [0.5, 0.6) is 0 Å². The molecular formula is C16H20N2O2. The molecule has 1 saturated heterocycles. The predicted octanol–water partition coefficient (Wildman–Crippen LogP) is 3.54. The van der Waals surface area contributed by atoms with E-state index in [1.54, 1.807) is 0 Å². The number of amides is 1. The van der Waals surface area contributed by atoms with Crippen LogP contribution in [0.2, 0.25) is 0 Å². The molecule has 1 aromatic heterocycles. The van der Waals surface area contributed by atoms with Crippen LogP contribution in [0.3, 0.4) is 0 Å². The number of rotatable bonds is 2. The largest absolute Gasteiger partial charge is 0.441 e. The van der Waals surface area contributed by atoms with Gasteiger partial charge in [0.05, 0.1) is 0 Å². The zero-order chi connectivity index (χ0) is 14.1. The smallest absolute Gasteiger partial charge is 0.254 e. The summed E-state index contributed by atoms with van der Waals surface area (Å²) >= 11 is 0. The molecule has 1 aromatic carbocycles. The molecule has 1 unspecified atom stereocenters. The first-order valence-corrected chi connectivity index (χ1v) is 7.37. The number of aryl methyl sites for hydroxylation is 1. The van der Waals surface area contributed by atoms with Gasteiger partial charge in [0.1, 0.15) is 5.52 Å². The molecule has 1 amide bonds. The van der Waals surface area contributed by atoms with Crippen molar-refractivity contribution in [2.45, 2.75) is 45.6 Å². The summed E-state index contributed by atoms with van der Waals surface area (Å²) in [4.78, 5) is 19.0. The summed E-state index contributed by atoms with van der Waals surface area (Å²) in [5.41, 5.74) is 2.22. The minimum absolute atomic E-state index is 0.124. The van der Waals surface area contributed by atoms with E-state index in [1.807, 2.05) is 30.0 Å². The summed E-state index contributed by atoms with van der Waals surface area (Å²) in [7, 11) is 0. The molecule has 0 aliphatic carbocycles. The van der Waals surface area contributed by atoms with Gasteiger partial charge >= 0.3 is 0 Å². The molecule has 0 saturated carbocycles. The zero-order valence-corrected chi connectivity index (χ0v) is 12.1. The van der Waals surface area contributed by atoms with E-state index in [1.165, 1.54) is 6.42 Å². The second-order valence-electron chi connectivity index (χ2n) is 5.47. The van der Waals surface area contributed by atoms with Gasteiger partial charge in [0.25, 0.3) is 5.91 Å². The molecule has 4 nitrogen and oxygen atoms in total. The lowest BCUT2D eigenvalue weighted by Gasteiger charge is -2.35. The van der Waals surface area contributed by atoms with Gasteiger partial charge in [-0.3, -0.25) is 4.79 Å². The van der Waals surface area contributed by atoms with E-state index in [0.29, 0.717) is 17.5 Å².